The Balaban J connectivity index is 2.36. The van der Waals surface area contributed by atoms with E-state index in [9.17, 15) is 18.5 Å². The Bertz CT molecular complexity index is 593. The second-order valence-electron chi connectivity index (χ2n) is 5.29. The summed E-state index contributed by atoms with van der Waals surface area (Å²) in [5.41, 5.74) is -0.396. The monoisotopic (exact) mass is 406 g/mol. The van der Waals surface area contributed by atoms with Gasteiger partial charge in [-0.25, -0.2) is 13.1 Å². The molecule has 0 aliphatic heterocycles. The molecule has 0 spiro atoms. The molecule has 8 heteroatoms. The average molecular weight is 407 g/mol. The number of nitro groups is 1. The fourth-order valence-electron chi connectivity index (χ4n) is 2.22. The van der Waals surface area contributed by atoms with Crippen LogP contribution in [0.1, 0.15) is 44.9 Å². The molecule has 1 rings (SSSR count). The van der Waals surface area contributed by atoms with Crippen LogP contribution in [0.4, 0.5) is 5.69 Å². The number of alkyl halides is 1. The number of hydrogen-bond acceptors (Lipinski definition) is 4. The zero-order valence-corrected chi connectivity index (χ0v) is 15.4. The first-order valence-corrected chi connectivity index (χ1v) is 10.4. The molecule has 1 aromatic carbocycles. The van der Waals surface area contributed by atoms with Crippen molar-refractivity contribution in [2.75, 3.05) is 11.9 Å². The summed E-state index contributed by atoms with van der Waals surface area (Å²) in [4.78, 5) is 9.94. The lowest BCUT2D eigenvalue weighted by Crippen LogP contribution is -2.25. The zero-order valence-electron chi connectivity index (χ0n) is 13.0. The molecule has 0 unspecified atom stereocenters. The van der Waals surface area contributed by atoms with Crippen LogP contribution in [0.5, 0.6) is 0 Å². The number of hydrogen-bond donors (Lipinski definition) is 1. The quantitative estimate of drug-likeness (QED) is 0.246. The second-order valence-corrected chi connectivity index (χ2v) is 7.81. The Kier molecular flexibility index (Phi) is 9.35. The molecule has 1 aromatic rings. The van der Waals surface area contributed by atoms with Gasteiger partial charge in [0.1, 0.15) is 0 Å². The van der Waals surface area contributed by atoms with Gasteiger partial charge in [-0.05, 0) is 18.9 Å². The van der Waals surface area contributed by atoms with E-state index < -0.39 is 20.6 Å². The van der Waals surface area contributed by atoms with Gasteiger partial charge in [-0.3, -0.25) is 10.1 Å². The Labute approximate surface area is 146 Å². The maximum absolute atomic E-state index is 12.1. The van der Waals surface area contributed by atoms with Gasteiger partial charge in [-0.15, -0.1) is 0 Å². The molecule has 0 atom stereocenters. The third-order valence-corrected chi connectivity index (χ3v) is 5.52. The van der Waals surface area contributed by atoms with Crippen LogP contribution in [-0.2, 0) is 10.0 Å². The van der Waals surface area contributed by atoms with Gasteiger partial charge in [-0.2, -0.15) is 0 Å². The minimum absolute atomic E-state index is 0.278. The molecule has 0 aliphatic rings. The van der Waals surface area contributed by atoms with Crippen LogP contribution in [0.15, 0.2) is 29.2 Å². The summed E-state index contributed by atoms with van der Waals surface area (Å²) in [5.74, 6) is 0. The molecule has 6 nitrogen and oxygen atoms in total. The molecular formula is C15H23BrN2O4S. The van der Waals surface area contributed by atoms with E-state index in [1.54, 1.807) is 0 Å². The highest BCUT2D eigenvalue weighted by atomic mass is 79.9. The van der Waals surface area contributed by atoms with Gasteiger partial charge in [-0.1, -0.05) is 60.2 Å². The Morgan fingerprint density at radius 1 is 1.00 bits per heavy atom. The van der Waals surface area contributed by atoms with Crippen molar-refractivity contribution < 1.29 is 13.3 Å². The maximum Gasteiger partial charge on any atom is 0.289 e. The van der Waals surface area contributed by atoms with Gasteiger partial charge in [0, 0.05) is 17.9 Å². The Morgan fingerprint density at radius 2 is 1.57 bits per heavy atom. The third-order valence-electron chi connectivity index (χ3n) is 3.45. The lowest BCUT2D eigenvalue weighted by molar-refractivity contribution is -0.387. The summed E-state index contributed by atoms with van der Waals surface area (Å²) in [6, 6.07) is 5.38. The van der Waals surface area contributed by atoms with Crippen molar-refractivity contribution in [1.29, 1.82) is 0 Å². The lowest BCUT2D eigenvalue weighted by Gasteiger charge is -2.07. The van der Waals surface area contributed by atoms with Gasteiger partial charge in [0.15, 0.2) is 4.90 Å². The van der Waals surface area contributed by atoms with Gasteiger partial charge < -0.3 is 0 Å². The fraction of sp³-hybridized carbons (Fsp3) is 0.600. The van der Waals surface area contributed by atoms with Gasteiger partial charge >= 0.3 is 0 Å². The zero-order chi connectivity index (χ0) is 17.1. The second kappa shape index (κ2) is 10.7. The van der Waals surface area contributed by atoms with Crippen molar-refractivity contribution in [3.05, 3.63) is 34.4 Å². The van der Waals surface area contributed by atoms with Crippen molar-refractivity contribution in [3.63, 3.8) is 0 Å². The first-order chi connectivity index (χ1) is 11.0. The molecule has 0 aliphatic carbocycles. The highest BCUT2D eigenvalue weighted by molar-refractivity contribution is 9.09. The van der Waals surface area contributed by atoms with Crippen molar-refractivity contribution in [2.24, 2.45) is 0 Å². The third kappa shape index (κ3) is 7.41. The van der Waals surface area contributed by atoms with Crippen LogP contribution in [0.2, 0.25) is 0 Å². The smallest absolute Gasteiger partial charge is 0.258 e. The van der Waals surface area contributed by atoms with Crippen LogP contribution < -0.4 is 4.72 Å². The van der Waals surface area contributed by atoms with E-state index in [0.717, 1.165) is 31.0 Å². The summed E-state index contributed by atoms with van der Waals surface area (Å²) < 4.78 is 26.7. The standard InChI is InChI=1S/C15H23BrN2O4S/c16-12-8-4-2-1-3-5-9-13-17-23(21,22)15-11-7-6-10-14(15)18(19)20/h6-7,10-11,17H,1-5,8-9,12-13H2. The SMILES string of the molecule is O=[N+]([O-])c1ccccc1S(=O)(=O)NCCCCCCCCCBr. The van der Waals surface area contributed by atoms with E-state index in [0.29, 0.717) is 6.54 Å². The Morgan fingerprint density at radius 3 is 2.17 bits per heavy atom. The molecule has 0 heterocycles. The average Bonchev–Trinajstić information content (AvgIpc) is 2.53. The van der Waals surface area contributed by atoms with Gasteiger partial charge in [0.05, 0.1) is 4.92 Å². The minimum Gasteiger partial charge on any atom is -0.258 e. The van der Waals surface area contributed by atoms with Crippen LogP contribution in [0.3, 0.4) is 0 Å². The number of rotatable bonds is 12. The fourth-order valence-corrected chi connectivity index (χ4v) is 3.86. The molecule has 0 bridgehead atoms. The first-order valence-electron chi connectivity index (χ1n) is 7.78. The number of benzene rings is 1. The van der Waals surface area contributed by atoms with Crippen molar-refractivity contribution in [2.45, 2.75) is 49.8 Å². The van der Waals surface area contributed by atoms with Crippen LogP contribution in [0, 0.1) is 10.1 Å². The molecule has 0 fully saturated rings. The van der Waals surface area contributed by atoms with Crippen LogP contribution in [0.25, 0.3) is 0 Å². The number of halogens is 1. The molecular weight excluding hydrogens is 384 g/mol. The molecule has 0 radical (unpaired) electrons. The number of nitrogens with one attached hydrogen (secondary N) is 1. The molecule has 0 aromatic heterocycles. The highest BCUT2D eigenvalue weighted by Gasteiger charge is 2.24. The summed E-state index contributed by atoms with van der Waals surface area (Å²) in [7, 11) is -3.84. The Hall–Kier alpha value is -0.990. The summed E-state index contributed by atoms with van der Waals surface area (Å²) in [6.07, 6.45) is 7.53. The minimum atomic E-state index is -3.84. The maximum atomic E-state index is 12.1. The number of nitro benzene ring substituents is 1. The number of para-hydroxylation sites is 1. The molecule has 0 saturated heterocycles. The van der Waals surface area contributed by atoms with Crippen molar-refractivity contribution >= 4 is 31.6 Å². The van der Waals surface area contributed by atoms with E-state index in [-0.39, 0.29) is 4.90 Å². The number of unbranched alkanes of at least 4 members (excludes halogenated alkanes) is 6. The van der Waals surface area contributed by atoms with E-state index in [1.807, 2.05) is 0 Å². The van der Waals surface area contributed by atoms with Crippen molar-refractivity contribution in [3.8, 4) is 0 Å². The lowest BCUT2D eigenvalue weighted by atomic mass is 10.1. The van der Waals surface area contributed by atoms with E-state index in [2.05, 4.69) is 20.7 Å². The summed E-state index contributed by atoms with van der Waals surface area (Å²) in [6.45, 7) is 0.301. The predicted octanol–water partition coefficient (Wildman–Crippen LogP) is 4.00. The predicted molar refractivity (Wildman–Crippen MR) is 94.4 cm³/mol. The molecule has 0 saturated carbocycles. The van der Waals surface area contributed by atoms with E-state index in [4.69, 9.17) is 0 Å². The summed E-state index contributed by atoms with van der Waals surface area (Å²) >= 11 is 3.40. The van der Waals surface area contributed by atoms with Crippen LogP contribution >= 0.6 is 15.9 Å². The normalized spacial score (nSPS) is 11.5. The highest BCUT2D eigenvalue weighted by Crippen LogP contribution is 2.22. The molecule has 1 N–H and O–H groups in total. The largest absolute Gasteiger partial charge is 0.289 e. The summed E-state index contributed by atoms with van der Waals surface area (Å²) in [5, 5.41) is 11.9. The van der Waals surface area contributed by atoms with E-state index >= 15 is 0 Å². The number of sulfonamides is 1. The van der Waals surface area contributed by atoms with Gasteiger partial charge in [0.25, 0.3) is 5.69 Å². The number of nitrogens with zero attached hydrogens (tertiary/aromatic N) is 1. The van der Waals surface area contributed by atoms with E-state index in [1.165, 1.54) is 43.5 Å². The van der Waals surface area contributed by atoms with Gasteiger partial charge in [0.2, 0.25) is 10.0 Å². The molecule has 0 amide bonds. The molecule has 130 valence electrons. The first kappa shape index (κ1) is 20.1. The van der Waals surface area contributed by atoms with Crippen molar-refractivity contribution in [1.82, 2.24) is 4.72 Å². The van der Waals surface area contributed by atoms with Crippen LogP contribution in [-0.4, -0.2) is 25.2 Å². The molecule has 23 heavy (non-hydrogen) atoms. The topological polar surface area (TPSA) is 89.3 Å².